The van der Waals surface area contributed by atoms with Crippen LogP contribution in [0.25, 0.3) is 0 Å². The molecule has 0 aliphatic carbocycles. The fourth-order valence-corrected chi connectivity index (χ4v) is 2.28. The molecule has 1 aromatic carbocycles. The molecule has 20 heavy (non-hydrogen) atoms. The lowest BCUT2D eigenvalue weighted by molar-refractivity contribution is -0.127. The summed E-state index contributed by atoms with van der Waals surface area (Å²) in [5.74, 6) is -0.966. The number of nitrogens with zero attached hydrogens (tertiary/aromatic N) is 2. The Morgan fingerprint density at radius 3 is 2.40 bits per heavy atom. The fraction of sp³-hybridized carbons (Fsp3) is 0.429. The second-order valence-corrected chi connectivity index (χ2v) is 5.53. The summed E-state index contributed by atoms with van der Waals surface area (Å²) in [7, 11) is 3.44. The van der Waals surface area contributed by atoms with E-state index in [0.29, 0.717) is 4.47 Å². The van der Waals surface area contributed by atoms with E-state index in [1.807, 2.05) is 11.8 Å². The Kier molecular flexibility index (Phi) is 6.01. The Morgan fingerprint density at radius 1 is 1.30 bits per heavy atom. The number of anilines is 1. The van der Waals surface area contributed by atoms with Crippen molar-refractivity contribution in [3.05, 3.63) is 28.2 Å². The molecule has 0 saturated heterocycles. The van der Waals surface area contributed by atoms with Gasteiger partial charge in [-0.3, -0.25) is 4.79 Å². The van der Waals surface area contributed by atoms with Gasteiger partial charge in [-0.15, -0.1) is 0 Å². The summed E-state index contributed by atoms with van der Waals surface area (Å²) in [6.45, 7) is 3.05. The number of hydrogen-bond donors (Lipinski definition) is 1. The van der Waals surface area contributed by atoms with Crippen LogP contribution in [0.3, 0.4) is 0 Å². The first-order valence-electron chi connectivity index (χ1n) is 6.34. The van der Waals surface area contributed by atoms with Gasteiger partial charge in [0.1, 0.15) is 0 Å². The number of benzene rings is 1. The highest BCUT2D eigenvalue weighted by molar-refractivity contribution is 9.10. The SMILES string of the molecule is CCCN(CC(=O)N(C)C)c1ccc(C(=O)O)c(Br)c1. The molecule has 110 valence electrons. The number of amides is 1. The summed E-state index contributed by atoms with van der Waals surface area (Å²) in [5, 5.41) is 9.01. The molecule has 0 spiro atoms. The number of hydrogen-bond acceptors (Lipinski definition) is 3. The highest BCUT2D eigenvalue weighted by atomic mass is 79.9. The van der Waals surface area contributed by atoms with Gasteiger partial charge >= 0.3 is 5.97 Å². The second kappa shape index (κ2) is 7.28. The van der Waals surface area contributed by atoms with E-state index >= 15 is 0 Å². The molecule has 6 heteroatoms. The van der Waals surface area contributed by atoms with E-state index in [1.54, 1.807) is 37.2 Å². The summed E-state index contributed by atoms with van der Waals surface area (Å²) in [6, 6.07) is 5.01. The van der Waals surface area contributed by atoms with Crippen molar-refractivity contribution in [1.82, 2.24) is 4.90 Å². The Hall–Kier alpha value is -1.56. The number of rotatable bonds is 6. The van der Waals surface area contributed by atoms with Crippen LogP contribution in [0.15, 0.2) is 22.7 Å². The summed E-state index contributed by atoms with van der Waals surface area (Å²) in [4.78, 5) is 26.3. The van der Waals surface area contributed by atoms with Crippen LogP contribution in [0.4, 0.5) is 5.69 Å². The van der Waals surface area contributed by atoms with Gasteiger partial charge < -0.3 is 14.9 Å². The molecule has 1 aromatic rings. The first-order chi connectivity index (χ1) is 9.36. The Bertz CT molecular complexity index is 503. The van der Waals surface area contributed by atoms with Gasteiger partial charge in [-0.25, -0.2) is 4.79 Å². The summed E-state index contributed by atoms with van der Waals surface area (Å²) < 4.78 is 0.515. The third kappa shape index (κ3) is 4.23. The highest BCUT2D eigenvalue weighted by Crippen LogP contribution is 2.24. The van der Waals surface area contributed by atoms with Gasteiger partial charge in [0.05, 0.1) is 12.1 Å². The zero-order chi connectivity index (χ0) is 15.3. The lowest BCUT2D eigenvalue weighted by Gasteiger charge is -2.25. The number of carboxylic acid groups (broad SMARTS) is 1. The molecule has 0 fully saturated rings. The lowest BCUT2D eigenvalue weighted by atomic mass is 10.2. The van der Waals surface area contributed by atoms with Gasteiger partial charge in [-0.2, -0.15) is 0 Å². The molecule has 0 bridgehead atoms. The van der Waals surface area contributed by atoms with E-state index in [9.17, 15) is 9.59 Å². The average molecular weight is 343 g/mol. The maximum absolute atomic E-state index is 11.8. The normalized spacial score (nSPS) is 10.2. The molecule has 5 nitrogen and oxygen atoms in total. The first kappa shape index (κ1) is 16.5. The van der Waals surface area contributed by atoms with Gasteiger partial charge in [0.2, 0.25) is 5.91 Å². The van der Waals surface area contributed by atoms with Crippen LogP contribution in [-0.2, 0) is 4.79 Å². The van der Waals surface area contributed by atoms with Crippen LogP contribution in [0.2, 0.25) is 0 Å². The van der Waals surface area contributed by atoms with Crippen LogP contribution in [0.1, 0.15) is 23.7 Å². The Labute approximate surface area is 127 Å². The number of aromatic carboxylic acids is 1. The molecule has 1 N–H and O–H groups in total. The molecule has 0 aliphatic rings. The van der Waals surface area contributed by atoms with Crippen molar-refractivity contribution >= 4 is 33.5 Å². The lowest BCUT2D eigenvalue weighted by Crippen LogP contribution is -2.37. The predicted molar refractivity (Wildman–Crippen MR) is 82.3 cm³/mol. The zero-order valence-electron chi connectivity index (χ0n) is 11.9. The molecule has 0 unspecified atom stereocenters. The van der Waals surface area contributed by atoms with Crippen molar-refractivity contribution in [2.75, 3.05) is 32.1 Å². The minimum Gasteiger partial charge on any atom is -0.478 e. The number of halogens is 1. The molecule has 0 atom stereocenters. The van der Waals surface area contributed by atoms with Crippen LogP contribution < -0.4 is 4.90 Å². The topological polar surface area (TPSA) is 60.9 Å². The van der Waals surface area contributed by atoms with E-state index in [2.05, 4.69) is 15.9 Å². The number of carboxylic acids is 1. The minimum atomic E-state index is -0.977. The van der Waals surface area contributed by atoms with Crippen molar-refractivity contribution in [3.8, 4) is 0 Å². The van der Waals surface area contributed by atoms with Crippen molar-refractivity contribution < 1.29 is 14.7 Å². The maximum Gasteiger partial charge on any atom is 0.336 e. The molecule has 0 saturated carbocycles. The quantitative estimate of drug-likeness (QED) is 0.862. The van der Waals surface area contributed by atoms with Crippen molar-refractivity contribution in [2.45, 2.75) is 13.3 Å². The predicted octanol–water partition coefficient (Wildman–Crippen LogP) is 2.45. The fourth-order valence-electron chi connectivity index (χ4n) is 1.75. The van der Waals surface area contributed by atoms with Gasteiger partial charge in [-0.1, -0.05) is 6.92 Å². The second-order valence-electron chi connectivity index (χ2n) is 4.68. The van der Waals surface area contributed by atoms with E-state index in [0.717, 1.165) is 18.7 Å². The van der Waals surface area contributed by atoms with Crippen LogP contribution in [0.5, 0.6) is 0 Å². The summed E-state index contributed by atoms with van der Waals surface area (Å²) in [6.07, 6.45) is 0.902. The Morgan fingerprint density at radius 2 is 1.95 bits per heavy atom. The largest absolute Gasteiger partial charge is 0.478 e. The third-order valence-corrected chi connectivity index (χ3v) is 3.52. The van der Waals surface area contributed by atoms with Crippen molar-refractivity contribution in [1.29, 1.82) is 0 Å². The summed E-state index contributed by atoms with van der Waals surface area (Å²) in [5.41, 5.74) is 1.04. The van der Waals surface area contributed by atoms with E-state index in [-0.39, 0.29) is 18.0 Å². The molecule has 0 aromatic heterocycles. The highest BCUT2D eigenvalue weighted by Gasteiger charge is 2.15. The third-order valence-electron chi connectivity index (χ3n) is 2.87. The molecular formula is C14H19BrN2O3. The number of likely N-dealkylation sites (N-methyl/N-ethyl adjacent to an activating group) is 1. The molecule has 1 rings (SSSR count). The minimum absolute atomic E-state index is 0.0110. The monoisotopic (exact) mass is 342 g/mol. The smallest absolute Gasteiger partial charge is 0.336 e. The van der Waals surface area contributed by atoms with Gasteiger partial charge in [-0.05, 0) is 40.5 Å². The van der Waals surface area contributed by atoms with Crippen LogP contribution in [-0.4, -0.2) is 49.1 Å². The zero-order valence-corrected chi connectivity index (χ0v) is 13.5. The van der Waals surface area contributed by atoms with E-state index in [4.69, 9.17) is 5.11 Å². The molecular weight excluding hydrogens is 324 g/mol. The maximum atomic E-state index is 11.8. The van der Waals surface area contributed by atoms with Gasteiger partial charge in [0, 0.05) is 30.8 Å². The van der Waals surface area contributed by atoms with E-state index < -0.39 is 5.97 Å². The van der Waals surface area contributed by atoms with Crippen LogP contribution >= 0.6 is 15.9 Å². The van der Waals surface area contributed by atoms with Gasteiger partial charge in [0.25, 0.3) is 0 Å². The molecule has 0 radical (unpaired) electrons. The van der Waals surface area contributed by atoms with E-state index in [1.165, 1.54) is 0 Å². The number of carbonyl (C=O) groups excluding carboxylic acids is 1. The average Bonchev–Trinajstić information content (AvgIpc) is 2.37. The standard InChI is InChI=1S/C14H19BrN2O3/c1-4-7-17(9-13(18)16(2)3)10-5-6-11(14(19)20)12(15)8-10/h5-6,8H,4,7,9H2,1-3H3,(H,19,20). The number of carbonyl (C=O) groups is 2. The first-order valence-corrected chi connectivity index (χ1v) is 7.14. The van der Waals surface area contributed by atoms with Crippen molar-refractivity contribution in [3.63, 3.8) is 0 Å². The molecule has 0 aliphatic heterocycles. The summed E-state index contributed by atoms with van der Waals surface area (Å²) >= 11 is 3.26. The molecule has 0 heterocycles. The van der Waals surface area contributed by atoms with Gasteiger partial charge in [0.15, 0.2) is 0 Å². The van der Waals surface area contributed by atoms with Crippen molar-refractivity contribution in [2.24, 2.45) is 0 Å². The molecule has 1 amide bonds. The Balaban J connectivity index is 3.00. The van der Waals surface area contributed by atoms with Crippen LogP contribution in [0, 0.1) is 0 Å².